The van der Waals surface area contributed by atoms with Crippen molar-refractivity contribution < 1.29 is 14.3 Å². The molecule has 1 heterocycles. The molecule has 0 aliphatic carbocycles. The molecular formula is C20H18Cl2N2O3S. The molecule has 0 aliphatic heterocycles. The summed E-state index contributed by atoms with van der Waals surface area (Å²) in [7, 11) is 0. The van der Waals surface area contributed by atoms with Crippen LogP contribution in [0.2, 0.25) is 10.0 Å². The van der Waals surface area contributed by atoms with Crippen molar-refractivity contribution in [2.45, 2.75) is 13.0 Å². The quantitative estimate of drug-likeness (QED) is 0.466. The predicted octanol–water partition coefficient (Wildman–Crippen LogP) is 5.23. The average Bonchev–Trinajstić information content (AvgIpc) is 3.21. The Morgan fingerprint density at radius 2 is 2.04 bits per heavy atom. The van der Waals surface area contributed by atoms with E-state index in [0.29, 0.717) is 53.3 Å². The molecule has 0 atom stereocenters. The SMILES string of the molecule is O=C(NCCCOc1ccc(Cl)cc1Cl)c1cccc(OCc2cscn2)c1. The minimum atomic E-state index is -0.163. The molecule has 2 aromatic carbocycles. The van der Waals surface area contributed by atoms with Crippen LogP contribution in [0.1, 0.15) is 22.5 Å². The number of aromatic nitrogens is 1. The molecule has 0 unspecified atom stereocenters. The monoisotopic (exact) mass is 436 g/mol. The highest BCUT2D eigenvalue weighted by Gasteiger charge is 2.07. The Morgan fingerprint density at radius 1 is 1.14 bits per heavy atom. The Morgan fingerprint density at radius 3 is 2.82 bits per heavy atom. The van der Waals surface area contributed by atoms with Gasteiger partial charge in [0.2, 0.25) is 0 Å². The van der Waals surface area contributed by atoms with Crippen LogP contribution in [0.3, 0.4) is 0 Å². The second-order valence-electron chi connectivity index (χ2n) is 5.83. The zero-order chi connectivity index (χ0) is 19.8. The highest BCUT2D eigenvalue weighted by atomic mass is 35.5. The van der Waals surface area contributed by atoms with E-state index in [0.717, 1.165) is 5.69 Å². The third kappa shape index (κ3) is 6.12. The molecule has 0 fully saturated rings. The first-order valence-electron chi connectivity index (χ1n) is 8.58. The van der Waals surface area contributed by atoms with E-state index in [1.807, 2.05) is 11.4 Å². The van der Waals surface area contributed by atoms with Crippen molar-refractivity contribution in [1.82, 2.24) is 10.3 Å². The summed E-state index contributed by atoms with van der Waals surface area (Å²) in [5.41, 5.74) is 3.16. The Labute approximate surface area is 177 Å². The molecule has 5 nitrogen and oxygen atoms in total. The molecule has 1 aromatic heterocycles. The molecule has 3 rings (SSSR count). The number of rotatable bonds is 9. The van der Waals surface area contributed by atoms with Crippen LogP contribution >= 0.6 is 34.5 Å². The molecule has 8 heteroatoms. The maximum Gasteiger partial charge on any atom is 0.251 e. The number of nitrogens with one attached hydrogen (secondary N) is 1. The van der Waals surface area contributed by atoms with E-state index in [-0.39, 0.29) is 5.91 Å². The summed E-state index contributed by atoms with van der Waals surface area (Å²) in [6.07, 6.45) is 0.644. The molecule has 0 aliphatic rings. The molecule has 1 N–H and O–H groups in total. The maximum atomic E-state index is 12.3. The third-order valence-electron chi connectivity index (χ3n) is 3.72. The minimum absolute atomic E-state index is 0.163. The molecule has 3 aromatic rings. The summed E-state index contributed by atoms with van der Waals surface area (Å²) in [4.78, 5) is 16.5. The van der Waals surface area contributed by atoms with Crippen LogP contribution < -0.4 is 14.8 Å². The largest absolute Gasteiger partial charge is 0.492 e. The highest BCUT2D eigenvalue weighted by molar-refractivity contribution is 7.07. The standard InChI is InChI=1S/C20H18Cl2N2O3S/c21-15-5-6-19(18(22)10-15)26-8-2-7-23-20(25)14-3-1-4-17(9-14)27-11-16-12-28-13-24-16/h1,3-6,9-10,12-13H,2,7-8,11H2,(H,23,25). The lowest BCUT2D eigenvalue weighted by molar-refractivity contribution is 0.0951. The summed E-state index contributed by atoms with van der Waals surface area (Å²) in [6.45, 7) is 1.28. The minimum Gasteiger partial charge on any atom is -0.492 e. The second kappa shape index (κ2) is 10.3. The Balaban J connectivity index is 1.41. The number of carbonyl (C=O) groups is 1. The normalized spacial score (nSPS) is 10.5. The Kier molecular flexibility index (Phi) is 7.54. The van der Waals surface area contributed by atoms with Crippen molar-refractivity contribution in [2.75, 3.05) is 13.2 Å². The van der Waals surface area contributed by atoms with Crippen LogP contribution in [0.4, 0.5) is 0 Å². The average molecular weight is 437 g/mol. The topological polar surface area (TPSA) is 60.5 Å². The lowest BCUT2D eigenvalue weighted by atomic mass is 10.2. The molecular weight excluding hydrogens is 419 g/mol. The number of nitrogens with zero attached hydrogens (tertiary/aromatic N) is 1. The van der Waals surface area contributed by atoms with E-state index in [4.69, 9.17) is 32.7 Å². The van der Waals surface area contributed by atoms with Crippen LogP contribution in [-0.4, -0.2) is 24.0 Å². The van der Waals surface area contributed by atoms with Crippen LogP contribution in [0.15, 0.2) is 53.4 Å². The number of amides is 1. The first-order valence-corrected chi connectivity index (χ1v) is 10.3. The van der Waals surface area contributed by atoms with Crippen molar-refractivity contribution in [3.05, 3.63) is 74.7 Å². The van der Waals surface area contributed by atoms with Crippen molar-refractivity contribution in [3.8, 4) is 11.5 Å². The first kappa shape index (κ1) is 20.5. The summed E-state index contributed by atoms with van der Waals surface area (Å²) in [6, 6.07) is 12.1. The van der Waals surface area contributed by atoms with Crippen LogP contribution in [0, 0.1) is 0 Å². The molecule has 146 valence electrons. The number of benzene rings is 2. The summed E-state index contributed by atoms with van der Waals surface area (Å²) in [5.74, 6) is 1.03. The Hall–Kier alpha value is -2.28. The smallest absolute Gasteiger partial charge is 0.251 e. The summed E-state index contributed by atoms with van der Waals surface area (Å²) in [5, 5.41) is 5.81. The third-order valence-corrected chi connectivity index (χ3v) is 4.89. The fourth-order valence-electron chi connectivity index (χ4n) is 2.34. The van der Waals surface area contributed by atoms with Gasteiger partial charge >= 0.3 is 0 Å². The molecule has 0 bridgehead atoms. The number of hydrogen-bond donors (Lipinski definition) is 1. The number of ether oxygens (including phenoxy) is 2. The van der Waals surface area contributed by atoms with E-state index in [2.05, 4.69) is 10.3 Å². The first-order chi connectivity index (χ1) is 13.6. The zero-order valence-corrected chi connectivity index (χ0v) is 17.2. The number of carbonyl (C=O) groups excluding carboxylic acids is 1. The molecule has 28 heavy (non-hydrogen) atoms. The maximum absolute atomic E-state index is 12.3. The van der Waals surface area contributed by atoms with Gasteiger partial charge in [-0.05, 0) is 42.8 Å². The van der Waals surface area contributed by atoms with Crippen LogP contribution in [0.5, 0.6) is 11.5 Å². The van der Waals surface area contributed by atoms with Gasteiger partial charge in [0.1, 0.15) is 18.1 Å². The fraction of sp³-hybridized carbons (Fsp3) is 0.200. The number of hydrogen-bond acceptors (Lipinski definition) is 5. The van der Waals surface area contributed by atoms with Crippen LogP contribution in [-0.2, 0) is 6.61 Å². The second-order valence-corrected chi connectivity index (χ2v) is 7.39. The number of thiazole rings is 1. The van der Waals surface area contributed by atoms with Gasteiger partial charge in [0.05, 0.1) is 22.8 Å². The lowest BCUT2D eigenvalue weighted by Gasteiger charge is -2.10. The van der Waals surface area contributed by atoms with Gasteiger partial charge in [-0.1, -0.05) is 29.3 Å². The van der Waals surface area contributed by atoms with Gasteiger partial charge in [0, 0.05) is 22.5 Å². The zero-order valence-electron chi connectivity index (χ0n) is 14.9. The van der Waals surface area contributed by atoms with E-state index in [9.17, 15) is 4.79 Å². The summed E-state index contributed by atoms with van der Waals surface area (Å²) >= 11 is 13.4. The van der Waals surface area contributed by atoms with Gasteiger partial charge in [-0.3, -0.25) is 4.79 Å². The lowest BCUT2D eigenvalue weighted by Crippen LogP contribution is -2.25. The van der Waals surface area contributed by atoms with Gasteiger partial charge < -0.3 is 14.8 Å². The molecule has 0 saturated heterocycles. The highest BCUT2D eigenvalue weighted by Crippen LogP contribution is 2.27. The Bertz CT molecular complexity index is 920. The van der Waals surface area contributed by atoms with Crippen molar-refractivity contribution in [2.24, 2.45) is 0 Å². The van der Waals surface area contributed by atoms with E-state index < -0.39 is 0 Å². The van der Waals surface area contributed by atoms with Gasteiger partial charge in [-0.2, -0.15) is 0 Å². The van der Waals surface area contributed by atoms with Gasteiger partial charge in [-0.15, -0.1) is 11.3 Å². The number of halogens is 2. The van der Waals surface area contributed by atoms with E-state index >= 15 is 0 Å². The van der Waals surface area contributed by atoms with Gasteiger partial charge in [0.25, 0.3) is 5.91 Å². The van der Waals surface area contributed by atoms with Crippen molar-refractivity contribution in [3.63, 3.8) is 0 Å². The van der Waals surface area contributed by atoms with E-state index in [1.54, 1.807) is 41.9 Å². The summed E-state index contributed by atoms with van der Waals surface area (Å²) < 4.78 is 11.3. The van der Waals surface area contributed by atoms with Gasteiger partial charge in [-0.25, -0.2) is 4.98 Å². The molecule has 0 saturated carbocycles. The predicted molar refractivity (Wildman–Crippen MR) is 112 cm³/mol. The van der Waals surface area contributed by atoms with Crippen molar-refractivity contribution >= 4 is 40.4 Å². The molecule has 1 amide bonds. The van der Waals surface area contributed by atoms with Crippen molar-refractivity contribution in [1.29, 1.82) is 0 Å². The molecule has 0 radical (unpaired) electrons. The molecule has 0 spiro atoms. The van der Waals surface area contributed by atoms with E-state index in [1.165, 1.54) is 11.3 Å². The van der Waals surface area contributed by atoms with Gasteiger partial charge in [0.15, 0.2) is 0 Å². The fourth-order valence-corrected chi connectivity index (χ4v) is 3.35. The van der Waals surface area contributed by atoms with Crippen LogP contribution in [0.25, 0.3) is 0 Å².